The molecule has 188 valence electrons. The smallest absolute Gasteiger partial charge is 0.107 e. The molecule has 31 heavy (non-hydrogen) atoms. The average molecular weight is 505 g/mol. The lowest BCUT2D eigenvalue weighted by atomic mass is 10.1. The highest BCUT2D eigenvalue weighted by molar-refractivity contribution is 9.09. The lowest BCUT2D eigenvalue weighted by Crippen LogP contribution is -2.36. The molecule has 0 aromatic carbocycles. The summed E-state index contributed by atoms with van der Waals surface area (Å²) in [4.78, 5) is 2.41. The zero-order valence-electron chi connectivity index (χ0n) is 21.5. The zero-order valence-corrected chi connectivity index (χ0v) is 23.1. The van der Waals surface area contributed by atoms with E-state index < -0.39 is 0 Å². The lowest BCUT2D eigenvalue weighted by molar-refractivity contribution is -0.00625. The van der Waals surface area contributed by atoms with Crippen molar-refractivity contribution in [2.75, 3.05) is 18.4 Å². The summed E-state index contributed by atoms with van der Waals surface area (Å²) >= 11 is 3.52. The Kier molecular flexibility index (Phi) is 27.0. The monoisotopic (exact) mass is 503 g/mol. The van der Waals surface area contributed by atoms with Gasteiger partial charge in [0, 0.05) is 18.4 Å². The van der Waals surface area contributed by atoms with Crippen molar-refractivity contribution in [1.82, 2.24) is 4.90 Å². The molecular weight excluding hydrogens is 446 g/mol. The van der Waals surface area contributed by atoms with Crippen LogP contribution in [-0.2, 0) is 0 Å². The van der Waals surface area contributed by atoms with E-state index in [2.05, 4.69) is 34.7 Å². The summed E-state index contributed by atoms with van der Waals surface area (Å²) in [6, 6.07) is 0. The number of hydrogen-bond acceptors (Lipinski definition) is 2. The second-order valence-electron chi connectivity index (χ2n) is 9.71. The van der Waals surface area contributed by atoms with Crippen molar-refractivity contribution in [3.8, 4) is 0 Å². The van der Waals surface area contributed by atoms with Crippen molar-refractivity contribution in [3.63, 3.8) is 0 Å². The minimum Gasteiger partial charge on any atom is -0.378 e. The molecule has 0 radical (unpaired) electrons. The van der Waals surface area contributed by atoms with Gasteiger partial charge in [-0.25, -0.2) is 0 Å². The molecule has 2 nitrogen and oxygen atoms in total. The standard InChI is InChI=1S/C28H58BrNO/c1-3-5-7-9-11-13-18-22-26-30(27-23-19-14-12-10-8-6-4-2)28(31)24-20-16-15-17-21-25-29/h28,31H,3-27H2,1-2H3. The van der Waals surface area contributed by atoms with Crippen LogP contribution in [0.3, 0.4) is 0 Å². The highest BCUT2D eigenvalue weighted by Gasteiger charge is 2.14. The summed E-state index contributed by atoms with van der Waals surface area (Å²) in [5.74, 6) is 0. The second kappa shape index (κ2) is 26.7. The molecule has 0 rings (SSSR count). The molecule has 1 atom stereocenters. The Bertz CT molecular complexity index is 306. The van der Waals surface area contributed by atoms with Crippen LogP contribution in [0.4, 0.5) is 0 Å². The lowest BCUT2D eigenvalue weighted by Gasteiger charge is -2.28. The summed E-state index contributed by atoms with van der Waals surface area (Å²) in [6.07, 6.45) is 28.9. The fourth-order valence-corrected chi connectivity index (χ4v) is 4.84. The van der Waals surface area contributed by atoms with Gasteiger partial charge in [-0.15, -0.1) is 0 Å². The van der Waals surface area contributed by atoms with Crippen molar-refractivity contribution in [2.45, 2.75) is 161 Å². The largest absolute Gasteiger partial charge is 0.378 e. The molecule has 0 saturated heterocycles. The van der Waals surface area contributed by atoms with Crippen LogP contribution >= 0.6 is 15.9 Å². The summed E-state index contributed by atoms with van der Waals surface area (Å²) in [6.45, 7) is 6.76. The second-order valence-corrected chi connectivity index (χ2v) is 10.5. The predicted molar refractivity (Wildman–Crippen MR) is 144 cm³/mol. The fourth-order valence-electron chi connectivity index (χ4n) is 4.44. The molecule has 1 N–H and O–H groups in total. The number of rotatable bonds is 26. The number of aliphatic hydroxyl groups excluding tert-OH is 1. The highest BCUT2D eigenvalue weighted by atomic mass is 79.9. The van der Waals surface area contributed by atoms with E-state index in [0.717, 1.165) is 24.8 Å². The predicted octanol–water partition coefficient (Wildman–Crippen LogP) is 9.62. The third-order valence-corrected chi connectivity index (χ3v) is 7.18. The number of alkyl halides is 1. The topological polar surface area (TPSA) is 23.5 Å². The van der Waals surface area contributed by atoms with Gasteiger partial charge in [0.05, 0.1) is 0 Å². The normalized spacial score (nSPS) is 12.7. The molecule has 0 amide bonds. The summed E-state index contributed by atoms with van der Waals surface area (Å²) < 4.78 is 0. The van der Waals surface area contributed by atoms with Crippen molar-refractivity contribution in [2.24, 2.45) is 0 Å². The molecular formula is C28H58BrNO. The van der Waals surface area contributed by atoms with Crippen LogP contribution in [0.15, 0.2) is 0 Å². The van der Waals surface area contributed by atoms with Gasteiger partial charge in [-0.2, -0.15) is 0 Å². The Hall–Kier alpha value is 0.400. The molecule has 0 spiro atoms. The molecule has 0 aromatic heterocycles. The molecule has 0 bridgehead atoms. The summed E-state index contributed by atoms with van der Waals surface area (Å²) in [7, 11) is 0. The summed E-state index contributed by atoms with van der Waals surface area (Å²) in [5, 5.41) is 12.0. The Labute approximate surface area is 205 Å². The average Bonchev–Trinajstić information content (AvgIpc) is 2.78. The van der Waals surface area contributed by atoms with Crippen LogP contribution in [0.1, 0.15) is 155 Å². The molecule has 0 heterocycles. The van der Waals surface area contributed by atoms with E-state index in [-0.39, 0.29) is 6.23 Å². The van der Waals surface area contributed by atoms with E-state index >= 15 is 0 Å². The van der Waals surface area contributed by atoms with Crippen molar-refractivity contribution in [3.05, 3.63) is 0 Å². The molecule has 0 aliphatic carbocycles. The fraction of sp³-hybridized carbons (Fsp3) is 1.00. The molecule has 0 aromatic rings. The van der Waals surface area contributed by atoms with Gasteiger partial charge in [0.15, 0.2) is 0 Å². The minimum absolute atomic E-state index is 0.217. The third-order valence-electron chi connectivity index (χ3n) is 6.62. The van der Waals surface area contributed by atoms with Gasteiger partial charge >= 0.3 is 0 Å². The maximum atomic E-state index is 10.8. The van der Waals surface area contributed by atoms with Gasteiger partial charge in [0.25, 0.3) is 0 Å². The highest BCUT2D eigenvalue weighted by Crippen LogP contribution is 2.15. The Morgan fingerprint density at radius 1 is 0.516 bits per heavy atom. The number of hydrogen-bond donors (Lipinski definition) is 1. The first-order valence-corrected chi connectivity index (χ1v) is 15.4. The van der Waals surface area contributed by atoms with Crippen molar-refractivity contribution >= 4 is 15.9 Å². The van der Waals surface area contributed by atoms with E-state index in [1.165, 1.54) is 135 Å². The van der Waals surface area contributed by atoms with Crippen LogP contribution in [0, 0.1) is 0 Å². The van der Waals surface area contributed by atoms with E-state index in [1.54, 1.807) is 0 Å². The van der Waals surface area contributed by atoms with Gasteiger partial charge in [0.1, 0.15) is 6.23 Å². The van der Waals surface area contributed by atoms with Crippen LogP contribution in [0.25, 0.3) is 0 Å². The van der Waals surface area contributed by atoms with E-state index in [4.69, 9.17) is 0 Å². The molecule has 0 fully saturated rings. The Morgan fingerprint density at radius 2 is 0.871 bits per heavy atom. The number of halogens is 1. The van der Waals surface area contributed by atoms with Crippen LogP contribution < -0.4 is 0 Å². The molecule has 0 saturated carbocycles. The maximum absolute atomic E-state index is 10.8. The van der Waals surface area contributed by atoms with E-state index in [9.17, 15) is 5.11 Å². The number of aliphatic hydroxyl groups is 1. The van der Waals surface area contributed by atoms with Gasteiger partial charge in [-0.05, 0) is 32.1 Å². The molecule has 0 aliphatic rings. The maximum Gasteiger partial charge on any atom is 0.107 e. The van der Waals surface area contributed by atoms with E-state index in [0.29, 0.717) is 0 Å². The van der Waals surface area contributed by atoms with Crippen LogP contribution in [-0.4, -0.2) is 34.7 Å². The summed E-state index contributed by atoms with van der Waals surface area (Å²) in [5.41, 5.74) is 0. The van der Waals surface area contributed by atoms with E-state index in [1.807, 2.05) is 0 Å². The first-order chi connectivity index (χ1) is 15.3. The Morgan fingerprint density at radius 3 is 1.29 bits per heavy atom. The van der Waals surface area contributed by atoms with Gasteiger partial charge < -0.3 is 5.11 Å². The zero-order chi connectivity index (χ0) is 22.8. The van der Waals surface area contributed by atoms with Crippen LogP contribution in [0.2, 0.25) is 0 Å². The van der Waals surface area contributed by atoms with Gasteiger partial charge in [-0.1, -0.05) is 139 Å². The number of unbranched alkanes of at least 4 members (excludes halogenated alkanes) is 18. The van der Waals surface area contributed by atoms with Crippen LogP contribution in [0.5, 0.6) is 0 Å². The minimum atomic E-state index is -0.217. The first kappa shape index (κ1) is 31.4. The Balaban J connectivity index is 4.02. The quantitative estimate of drug-likeness (QED) is 0.0720. The molecule has 3 heteroatoms. The van der Waals surface area contributed by atoms with Crippen molar-refractivity contribution in [1.29, 1.82) is 0 Å². The van der Waals surface area contributed by atoms with Gasteiger partial charge in [-0.3, -0.25) is 4.90 Å². The number of nitrogens with zero attached hydrogens (tertiary/aromatic N) is 1. The van der Waals surface area contributed by atoms with Gasteiger partial charge in [0.2, 0.25) is 0 Å². The SMILES string of the molecule is CCCCCCCCCCN(CCCCCCCCCC)C(O)CCCCCCCBr. The van der Waals surface area contributed by atoms with Crippen molar-refractivity contribution < 1.29 is 5.11 Å². The molecule has 0 aliphatic heterocycles. The molecule has 1 unspecified atom stereocenters. The first-order valence-electron chi connectivity index (χ1n) is 14.2. The third kappa shape index (κ3) is 23.4.